The highest BCUT2D eigenvalue weighted by Crippen LogP contribution is 2.31. The van der Waals surface area contributed by atoms with Crippen molar-refractivity contribution in [2.24, 2.45) is 0 Å². The summed E-state index contributed by atoms with van der Waals surface area (Å²) < 4.78 is 5.30. The molecule has 0 radical (unpaired) electrons. The van der Waals surface area contributed by atoms with E-state index in [1.165, 1.54) is 47.1 Å². The Balaban J connectivity index is 1.64. The Labute approximate surface area is 177 Å². The van der Waals surface area contributed by atoms with Crippen molar-refractivity contribution in [1.82, 2.24) is 0 Å². The standard InChI is InChI=1S/C26H28O2S/c1-3-5-7-8-24-18-19-25(29-24)22-12-10-20(11-13-22)21-14-16-23(17-15-21)28-26(27)9-6-4-2/h6,9-19H,3-5,7-8H2,1-2H3/b9-6+. The zero-order valence-corrected chi connectivity index (χ0v) is 18.0. The molecule has 0 saturated carbocycles. The molecule has 0 amide bonds. The maximum atomic E-state index is 11.7. The number of esters is 1. The molecule has 0 aliphatic carbocycles. The molecule has 3 heteroatoms. The number of ether oxygens (including phenoxy) is 1. The fraction of sp³-hybridized carbons (Fsp3) is 0.269. The fourth-order valence-corrected chi connectivity index (χ4v) is 4.18. The number of allylic oxidation sites excluding steroid dienone is 1. The van der Waals surface area contributed by atoms with Crippen LogP contribution in [0.4, 0.5) is 0 Å². The van der Waals surface area contributed by atoms with Crippen molar-refractivity contribution in [3.8, 4) is 27.3 Å². The maximum Gasteiger partial charge on any atom is 0.335 e. The highest BCUT2D eigenvalue weighted by molar-refractivity contribution is 7.15. The Morgan fingerprint density at radius 2 is 1.52 bits per heavy atom. The molecule has 0 bridgehead atoms. The predicted octanol–water partition coefficient (Wildman–Crippen LogP) is 7.69. The molecule has 0 N–H and O–H groups in total. The summed E-state index contributed by atoms with van der Waals surface area (Å²) in [6.07, 6.45) is 9.09. The SMILES string of the molecule is CC/C=C/C(=O)Oc1ccc(-c2ccc(-c3ccc(CCCCC)s3)cc2)cc1. The van der Waals surface area contributed by atoms with Gasteiger partial charge in [-0.1, -0.05) is 69.2 Å². The van der Waals surface area contributed by atoms with E-state index in [-0.39, 0.29) is 5.97 Å². The summed E-state index contributed by atoms with van der Waals surface area (Å²) >= 11 is 1.90. The summed E-state index contributed by atoms with van der Waals surface area (Å²) in [5.41, 5.74) is 3.51. The highest BCUT2D eigenvalue weighted by atomic mass is 32.1. The van der Waals surface area contributed by atoms with Crippen LogP contribution >= 0.6 is 11.3 Å². The summed E-state index contributed by atoms with van der Waals surface area (Å²) in [5, 5.41) is 0. The summed E-state index contributed by atoms with van der Waals surface area (Å²) in [6, 6.07) is 20.8. The van der Waals surface area contributed by atoms with Gasteiger partial charge in [-0.05, 0) is 60.2 Å². The topological polar surface area (TPSA) is 26.3 Å². The van der Waals surface area contributed by atoms with Gasteiger partial charge in [-0.3, -0.25) is 0 Å². The number of hydrogen-bond acceptors (Lipinski definition) is 3. The van der Waals surface area contributed by atoms with Gasteiger partial charge in [0.1, 0.15) is 5.75 Å². The second kappa shape index (κ2) is 10.8. The zero-order chi connectivity index (χ0) is 20.5. The van der Waals surface area contributed by atoms with Crippen molar-refractivity contribution >= 4 is 17.3 Å². The van der Waals surface area contributed by atoms with Gasteiger partial charge in [-0.25, -0.2) is 4.79 Å². The lowest BCUT2D eigenvalue weighted by Gasteiger charge is -2.06. The molecule has 0 aliphatic heterocycles. The third kappa shape index (κ3) is 6.16. The second-order valence-electron chi connectivity index (χ2n) is 7.06. The number of thiophene rings is 1. The Morgan fingerprint density at radius 1 is 0.862 bits per heavy atom. The number of benzene rings is 2. The number of aryl methyl sites for hydroxylation is 1. The van der Waals surface area contributed by atoms with Gasteiger partial charge in [0.2, 0.25) is 0 Å². The summed E-state index contributed by atoms with van der Waals surface area (Å²) in [6.45, 7) is 4.22. The zero-order valence-electron chi connectivity index (χ0n) is 17.2. The van der Waals surface area contributed by atoms with E-state index in [2.05, 4.69) is 43.3 Å². The summed E-state index contributed by atoms with van der Waals surface area (Å²) in [4.78, 5) is 14.5. The molecule has 0 fully saturated rings. The Bertz CT molecular complexity index is 934. The molecule has 0 unspecified atom stereocenters. The van der Waals surface area contributed by atoms with Gasteiger partial charge in [0, 0.05) is 15.8 Å². The van der Waals surface area contributed by atoms with Crippen molar-refractivity contribution < 1.29 is 9.53 Å². The fourth-order valence-electron chi connectivity index (χ4n) is 3.12. The molecule has 1 heterocycles. The first-order valence-electron chi connectivity index (χ1n) is 10.4. The van der Waals surface area contributed by atoms with Crippen molar-refractivity contribution in [3.63, 3.8) is 0 Å². The first kappa shape index (κ1) is 21.1. The molecular weight excluding hydrogens is 376 g/mol. The third-order valence-corrected chi connectivity index (χ3v) is 5.95. The molecule has 2 aromatic carbocycles. The Kier molecular flexibility index (Phi) is 7.83. The van der Waals surface area contributed by atoms with Crippen molar-refractivity contribution in [2.75, 3.05) is 0 Å². The number of carbonyl (C=O) groups excluding carboxylic acids is 1. The lowest BCUT2D eigenvalue weighted by atomic mass is 10.0. The summed E-state index contributed by atoms with van der Waals surface area (Å²) in [5.74, 6) is 0.222. The van der Waals surface area contributed by atoms with E-state index in [1.807, 2.05) is 42.5 Å². The normalized spacial score (nSPS) is 11.1. The van der Waals surface area contributed by atoms with Gasteiger partial charge in [-0.2, -0.15) is 0 Å². The molecule has 2 nitrogen and oxygen atoms in total. The largest absolute Gasteiger partial charge is 0.423 e. The van der Waals surface area contributed by atoms with Gasteiger partial charge in [-0.15, -0.1) is 11.3 Å². The molecule has 29 heavy (non-hydrogen) atoms. The van der Waals surface area contributed by atoms with Gasteiger partial charge in [0.25, 0.3) is 0 Å². The summed E-state index contributed by atoms with van der Waals surface area (Å²) in [7, 11) is 0. The lowest BCUT2D eigenvalue weighted by Crippen LogP contribution is -2.03. The smallest absolute Gasteiger partial charge is 0.335 e. The van der Waals surface area contributed by atoms with Crippen LogP contribution in [0, 0.1) is 0 Å². The highest BCUT2D eigenvalue weighted by Gasteiger charge is 2.05. The van der Waals surface area contributed by atoms with Crippen LogP contribution in [0.5, 0.6) is 5.75 Å². The lowest BCUT2D eigenvalue weighted by molar-refractivity contribution is -0.129. The van der Waals surface area contributed by atoms with Gasteiger partial charge >= 0.3 is 5.97 Å². The molecule has 0 spiro atoms. The van der Waals surface area contributed by atoms with Crippen molar-refractivity contribution in [3.05, 3.63) is 77.7 Å². The number of rotatable bonds is 9. The van der Waals surface area contributed by atoms with Gasteiger partial charge < -0.3 is 4.74 Å². The van der Waals surface area contributed by atoms with Gasteiger partial charge in [0.05, 0.1) is 0 Å². The van der Waals surface area contributed by atoms with E-state index < -0.39 is 0 Å². The minimum atomic E-state index is -0.339. The van der Waals surface area contributed by atoms with E-state index in [4.69, 9.17) is 4.74 Å². The minimum Gasteiger partial charge on any atom is -0.423 e. The maximum absolute atomic E-state index is 11.7. The molecule has 0 aliphatic rings. The van der Waals surface area contributed by atoms with Crippen LogP contribution < -0.4 is 4.74 Å². The Morgan fingerprint density at radius 3 is 2.17 bits per heavy atom. The average Bonchev–Trinajstić information content (AvgIpc) is 3.22. The monoisotopic (exact) mass is 404 g/mol. The van der Waals surface area contributed by atoms with Crippen molar-refractivity contribution in [1.29, 1.82) is 0 Å². The molecule has 1 aromatic heterocycles. The van der Waals surface area contributed by atoms with E-state index in [9.17, 15) is 4.79 Å². The van der Waals surface area contributed by atoms with E-state index >= 15 is 0 Å². The quantitative estimate of drug-likeness (QED) is 0.158. The average molecular weight is 405 g/mol. The van der Waals surface area contributed by atoms with E-state index in [1.54, 1.807) is 6.08 Å². The number of carbonyl (C=O) groups is 1. The van der Waals surface area contributed by atoms with Crippen LogP contribution in [-0.4, -0.2) is 5.97 Å². The van der Waals surface area contributed by atoms with Crippen LogP contribution in [0.2, 0.25) is 0 Å². The van der Waals surface area contributed by atoms with Crippen LogP contribution in [0.3, 0.4) is 0 Å². The van der Waals surface area contributed by atoms with Gasteiger partial charge in [0.15, 0.2) is 0 Å². The van der Waals surface area contributed by atoms with Crippen LogP contribution in [0.1, 0.15) is 44.4 Å². The first-order valence-corrected chi connectivity index (χ1v) is 11.2. The van der Waals surface area contributed by atoms with E-state index in [0.717, 1.165) is 17.5 Å². The number of hydrogen-bond donors (Lipinski definition) is 0. The number of unbranched alkanes of at least 4 members (excludes halogenated alkanes) is 2. The van der Waals surface area contributed by atoms with Crippen LogP contribution in [-0.2, 0) is 11.2 Å². The Hall–Kier alpha value is -2.65. The predicted molar refractivity (Wildman–Crippen MR) is 123 cm³/mol. The molecule has 0 atom stereocenters. The molecule has 0 saturated heterocycles. The molecule has 3 aromatic rings. The molecule has 150 valence electrons. The first-order chi connectivity index (χ1) is 14.2. The third-order valence-electron chi connectivity index (χ3n) is 4.75. The van der Waals surface area contributed by atoms with E-state index in [0.29, 0.717) is 5.75 Å². The van der Waals surface area contributed by atoms with Crippen LogP contribution in [0.15, 0.2) is 72.8 Å². The molecule has 3 rings (SSSR count). The minimum absolute atomic E-state index is 0.339. The van der Waals surface area contributed by atoms with Crippen molar-refractivity contribution in [2.45, 2.75) is 46.0 Å². The molecular formula is C26H28O2S. The van der Waals surface area contributed by atoms with Crippen LogP contribution in [0.25, 0.3) is 21.6 Å². The second-order valence-corrected chi connectivity index (χ2v) is 8.22.